The largest absolute Gasteiger partial charge is 0.468 e. The summed E-state index contributed by atoms with van der Waals surface area (Å²) in [5.41, 5.74) is 5.18. The van der Waals surface area contributed by atoms with E-state index in [0.29, 0.717) is 12.8 Å². The minimum atomic E-state index is -1.58. The molecule has 1 aliphatic heterocycles. The van der Waals surface area contributed by atoms with Gasteiger partial charge in [0.1, 0.15) is 17.7 Å². The number of benzene rings is 2. The molecule has 9 heteroatoms. The van der Waals surface area contributed by atoms with Crippen LogP contribution in [0.5, 0.6) is 0 Å². The van der Waals surface area contributed by atoms with Crippen molar-refractivity contribution >= 4 is 29.2 Å². The summed E-state index contributed by atoms with van der Waals surface area (Å²) in [6.45, 7) is 3.81. The molecule has 0 bridgehead atoms. The van der Waals surface area contributed by atoms with Crippen molar-refractivity contribution in [3.8, 4) is 0 Å². The molecule has 0 aliphatic carbocycles. The summed E-state index contributed by atoms with van der Waals surface area (Å²) in [6.07, 6.45) is 0.807. The molecule has 4 N–H and O–H groups in total. The van der Waals surface area contributed by atoms with Gasteiger partial charge in [-0.05, 0) is 42.0 Å². The van der Waals surface area contributed by atoms with Gasteiger partial charge in [-0.1, -0.05) is 55.2 Å². The number of rotatable bonds is 7. The van der Waals surface area contributed by atoms with Gasteiger partial charge in [0.2, 0.25) is 0 Å². The highest BCUT2D eigenvalue weighted by molar-refractivity contribution is 6.31. The SMILES string of the molecule is COC(=O)C1NC(CC(C)(C)CCO)C(N)(c2ccc(Cl)cc2F)C1c1cccc(Cl)c1F. The zero-order chi connectivity index (χ0) is 24.6. The molecule has 2 aromatic rings. The Kier molecular flexibility index (Phi) is 7.71. The van der Waals surface area contributed by atoms with E-state index >= 15 is 8.78 Å². The summed E-state index contributed by atoms with van der Waals surface area (Å²) in [5.74, 6) is -3.12. The van der Waals surface area contributed by atoms with Crippen molar-refractivity contribution in [2.45, 2.75) is 50.2 Å². The number of hydrogen-bond donors (Lipinski definition) is 3. The molecule has 4 atom stereocenters. The van der Waals surface area contributed by atoms with Crippen molar-refractivity contribution in [3.63, 3.8) is 0 Å². The highest BCUT2D eigenvalue weighted by atomic mass is 35.5. The summed E-state index contributed by atoms with van der Waals surface area (Å²) in [6, 6.07) is 6.77. The van der Waals surface area contributed by atoms with Crippen molar-refractivity contribution in [1.29, 1.82) is 0 Å². The van der Waals surface area contributed by atoms with Gasteiger partial charge in [-0.2, -0.15) is 0 Å². The third kappa shape index (κ3) is 4.88. The van der Waals surface area contributed by atoms with Crippen molar-refractivity contribution in [2.75, 3.05) is 13.7 Å². The van der Waals surface area contributed by atoms with Crippen molar-refractivity contribution in [1.82, 2.24) is 5.32 Å². The van der Waals surface area contributed by atoms with Crippen LogP contribution in [0.3, 0.4) is 0 Å². The Morgan fingerprint density at radius 1 is 1.27 bits per heavy atom. The van der Waals surface area contributed by atoms with Gasteiger partial charge in [-0.25, -0.2) is 8.78 Å². The minimum Gasteiger partial charge on any atom is -0.468 e. The van der Waals surface area contributed by atoms with E-state index in [0.717, 1.165) is 6.07 Å². The smallest absolute Gasteiger partial charge is 0.323 e. The molecular formula is C24H28Cl2F2N2O3. The van der Waals surface area contributed by atoms with Crippen LogP contribution in [0.1, 0.15) is 43.7 Å². The lowest BCUT2D eigenvalue weighted by atomic mass is 9.68. The third-order valence-corrected chi connectivity index (χ3v) is 7.05. The van der Waals surface area contributed by atoms with E-state index in [1.54, 1.807) is 6.07 Å². The Morgan fingerprint density at radius 3 is 2.58 bits per heavy atom. The number of aliphatic hydroxyl groups excluding tert-OH is 1. The van der Waals surface area contributed by atoms with Crippen LogP contribution in [-0.2, 0) is 15.1 Å². The first-order valence-corrected chi connectivity index (χ1v) is 11.3. The molecule has 2 aromatic carbocycles. The summed E-state index contributed by atoms with van der Waals surface area (Å²) in [4.78, 5) is 12.8. The number of methoxy groups -OCH3 is 1. The molecule has 0 spiro atoms. The van der Waals surface area contributed by atoms with Crippen molar-refractivity contribution in [2.24, 2.45) is 11.1 Å². The number of halogens is 4. The molecule has 1 fully saturated rings. The third-order valence-electron chi connectivity index (χ3n) is 6.52. The van der Waals surface area contributed by atoms with E-state index in [-0.39, 0.29) is 27.8 Å². The number of aliphatic hydroxyl groups is 1. The first-order valence-electron chi connectivity index (χ1n) is 10.6. The van der Waals surface area contributed by atoms with Crippen LogP contribution >= 0.6 is 23.2 Å². The Bertz CT molecular complexity index is 1040. The van der Waals surface area contributed by atoms with Crippen LogP contribution in [0.25, 0.3) is 0 Å². The molecule has 180 valence electrons. The molecule has 0 aromatic heterocycles. The van der Waals surface area contributed by atoms with Gasteiger partial charge in [0, 0.05) is 29.2 Å². The number of carbonyl (C=O) groups excluding carboxylic acids is 1. The monoisotopic (exact) mass is 500 g/mol. The van der Waals surface area contributed by atoms with Crippen molar-refractivity contribution in [3.05, 3.63) is 69.2 Å². The van der Waals surface area contributed by atoms with Gasteiger partial charge in [0.25, 0.3) is 0 Å². The average Bonchev–Trinajstić information content (AvgIpc) is 3.01. The summed E-state index contributed by atoms with van der Waals surface area (Å²) in [7, 11) is 1.22. The van der Waals surface area contributed by atoms with E-state index in [4.69, 9.17) is 33.7 Å². The zero-order valence-electron chi connectivity index (χ0n) is 18.7. The van der Waals surface area contributed by atoms with Crippen LogP contribution in [0.4, 0.5) is 8.78 Å². The number of nitrogens with two attached hydrogens (primary N) is 1. The Hall–Kier alpha value is -1.77. The molecular weight excluding hydrogens is 473 g/mol. The lowest BCUT2D eigenvalue weighted by molar-refractivity contribution is -0.143. The number of nitrogens with one attached hydrogen (secondary N) is 1. The minimum absolute atomic E-state index is 0.0562. The van der Waals surface area contributed by atoms with E-state index < -0.39 is 46.6 Å². The molecule has 0 radical (unpaired) electrons. The molecule has 4 unspecified atom stereocenters. The van der Waals surface area contributed by atoms with Crippen LogP contribution in [0.15, 0.2) is 36.4 Å². The van der Waals surface area contributed by atoms with Gasteiger partial charge < -0.3 is 15.6 Å². The van der Waals surface area contributed by atoms with Crippen molar-refractivity contribution < 1.29 is 23.4 Å². The fraction of sp³-hybridized carbons (Fsp3) is 0.458. The molecule has 3 rings (SSSR count). The van der Waals surface area contributed by atoms with Crippen LogP contribution in [-0.4, -0.2) is 36.9 Å². The Labute approximate surface area is 202 Å². The van der Waals surface area contributed by atoms with Gasteiger partial charge >= 0.3 is 5.97 Å². The van der Waals surface area contributed by atoms with E-state index in [9.17, 15) is 9.90 Å². The normalized spacial score (nSPS) is 25.3. The first-order chi connectivity index (χ1) is 15.5. The standard InChI is InChI=1S/C24H28Cl2F2N2O3/c1-23(2,9-10-31)12-18-24(29,15-8-7-13(25)11-17(15)27)19(21(30-18)22(32)33-3)14-5-4-6-16(26)20(14)28/h4-8,11,18-19,21,30-31H,9-10,12,29H2,1-3H3. The molecule has 5 nitrogen and oxygen atoms in total. The first kappa shape index (κ1) is 25.8. The summed E-state index contributed by atoms with van der Waals surface area (Å²) in [5, 5.41) is 12.7. The maximum Gasteiger partial charge on any atom is 0.323 e. The molecule has 1 aliphatic rings. The van der Waals surface area contributed by atoms with E-state index in [1.165, 1.54) is 31.4 Å². The highest BCUT2D eigenvalue weighted by Gasteiger charge is 2.59. The van der Waals surface area contributed by atoms with Crippen LogP contribution < -0.4 is 11.1 Å². The second kappa shape index (κ2) is 9.84. The van der Waals surface area contributed by atoms with Crippen LogP contribution in [0.2, 0.25) is 10.0 Å². The predicted octanol–water partition coefficient (Wildman–Crippen LogP) is 4.52. The molecule has 1 saturated heterocycles. The van der Waals surface area contributed by atoms with Gasteiger partial charge in [-0.15, -0.1) is 0 Å². The predicted molar refractivity (Wildman–Crippen MR) is 124 cm³/mol. The second-order valence-electron chi connectivity index (χ2n) is 9.24. The quantitative estimate of drug-likeness (QED) is 0.486. The van der Waals surface area contributed by atoms with Gasteiger partial charge in [0.15, 0.2) is 0 Å². The Balaban J connectivity index is 2.28. The van der Waals surface area contributed by atoms with E-state index in [1.807, 2.05) is 13.8 Å². The van der Waals surface area contributed by atoms with Gasteiger partial charge in [0.05, 0.1) is 17.7 Å². The summed E-state index contributed by atoms with van der Waals surface area (Å²) < 4.78 is 35.6. The molecule has 0 amide bonds. The maximum absolute atomic E-state index is 15.3. The number of hydrogen-bond acceptors (Lipinski definition) is 5. The summed E-state index contributed by atoms with van der Waals surface area (Å²) >= 11 is 12.0. The number of ether oxygens (including phenoxy) is 1. The van der Waals surface area contributed by atoms with E-state index in [2.05, 4.69) is 5.32 Å². The fourth-order valence-electron chi connectivity index (χ4n) is 4.85. The Morgan fingerprint density at radius 2 is 1.97 bits per heavy atom. The topological polar surface area (TPSA) is 84.6 Å². The highest BCUT2D eigenvalue weighted by Crippen LogP contribution is 2.50. The zero-order valence-corrected chi connectivity index (χ0v) is 20.2. The van der Waals surface area contributed by atoms with Crippen LogP contribution in [0, 0.1) is 17.0 Å². The second-order valence-corrected chi connectivity index (χ2v) is 10.1. The average molecular weight is 501 g/mol. The number of esters is 1. The molecule has 0 saturated carbocycles. The number of carbonyl (C=O) groups is 1. The fourth-order valence-corrected chi connectivity index (χ4v) is 5.19. The lowest BCUT2D eigenvalue weighted by Gasteiger charge is -2.40. The molecule has 33 heavy (non-hydrogen) atoms. The maximum atomic E-state index is 15.3. The van der Waals surface area contributed by atoms with Gasteiger partial charge in [-0.3, -0.25) is 10.1 Å². The molecule has 1 heterocycles. The lowest BCUT2D eigenvalue weighted by Crippen LogP contribution is -2.52.